The van der Waals surface area contributed by atoms with Gasteiger partial charge in [-0.2, -0.15) is 0 Å². The van der Waals surface area contributed by atoms with Crippen LogP contribution in [0, 0.1) is 5.41 Å². The number of amides is 1. The Balaban J connectivity index is 1.93. The number of nitrogens with zero attached hydrogens (tertiary/aromatic N) is 1. The van der Waals surface area contributed by atoms with Gasteiger partial charge >= 0.3 is 0 Å². The molecule has 24 heavy (non-hydrogen) atoms. The number of likely N-dealkylation sites (N-methyl/N-ethyl adjacent to an activating group) is 1. The van der Waals surface area contributed by atoms with E-state index >= 15 is 0 Å². The summed E-state index contributed by atoms with van der Waals surface area (Å²) < 4.78 is 5.82. The van der Waals surface area contributed by atoms with Gasteiger partial charge in [0.25, 0.3) is 5.91 Å². The summed E-state index contributed by atoms with van der Waals surface area (Å²) in [7, 11) is 1.81. The van der Waals surface area contributed by atoms with Gasteiger partial charge in [-0.1, -0.05) is 44.9 Å². The molecule has 1 saturated carbocycles. The molecule has 0 radical (unpaired) electrons. The fraction of sp³-hybridized carbons (Fsp3) is 0.650. The molecule has 1 aliphatic rings. The van der Waals surface area contributed by atoms with Crippen molar-refractivity contribution in [1.29, 1.82) is 0 Å². The van der Waals surface area contributed by atoms with Crippen molar-refractivity contribution in [3.63, 3.8) is 0 Å². The predicted octanol–water partition coefficient (Wildman–Crippen LogP) is 3.59. The van der Waals surface area contributed by atoms with Crippen molar-refractivity contribution in [1.82, 2.24) is 4.90 Å². The van der Waals surface area contributed by atoms with Gasteiger partial charge < -0.3 is 14.7 Å². The van der Waals surface area contributed by atoms with Crippen LogP contribution < -0.4 is 4.74 Å². The van der Waals surface area contributed by atoms with Gasteiger partial charge in [0.1, 0.15) is 5.75 Å². The van der Waals surface area contributed by atoms with Gasteiger partial charge in [0.2, 0.25) is 0 Å². The molecular formula is C20H31NO3. The van der Waals surface area contributed by atoms with E-state index in [0.29, 0.717) is 12.5 Å². The Morgan fingerprint density at radius 1 is 1.33 bits per heavy atom. The molecule has 1 unspecified atom stereocenters. The van der Waals surface area contributed by atoms with E-state index in [9.17, 15) is 9.90 Å². The minimum Gasteiger partial charge on any atom is -0.483 e. The van der Waals surface area contributed by atoms with Gasteiger partial charge in [-0.05, 0) is 36.8 Å². The maximum atomic E-state index is 12.4. The van der Waals surface area contributed by atoms with Gasteiger partial charge in [-0.25, -0.2) is 0 Å². The van der Waals surface area contributed by atoms with Crippen molar-refractivity contribution in [2.75, 3.05) is 26.8 Å². The Labute approximate surface area is 145 Å². The zero-order valence-electron chi connectivity index (χ0n) is 15.3. The van der Waals surface area contributed by atoms with Crippen molar-refractivity contribution in [2.24, 2.45) is 5.41 Å². The summed E-state index contributed by atoms with van der Waals surface area (Å²) in [5, 5.41) is 9.71. The van der Waals surface area contributed by atoms with Gasteiger partial charge in [0, 0.05) is 19.0 Å². The molecule has 1 fully saturated rings. The number of hydrogen-bond donors (Lipinski definition) is 1. The second kappa shape index (κ2) is 8.52. The Morgan fingerprint density at radius 3 is 2.62 bits per heavy atom. The average Bonchev–Trinajstić information content (AvgIpc) is 3.08. The second-order valence-electron chi connectivity index (χ2n) is 7.25. The largest absolute Gasteiger partial charge is 0.483 e. The fourth-order valence-corrected chi connectivity index (χ4v) is 3.57. The van der Waals surface area contributed by atoms with Crippen LogP contribution in [0.1, 0.15) is 57.4 Å². The molecule has 1 aliphatic carbocycles. The van der Waals surface area contributed by atoms with Crippen LogP contribution in [-0.2, 0) is 4.79 Å². The first-order valence-electron chi connectivity index (χ1n) is 9.08. The maximum Gasteiger partial charge on any atom is 0.260 e. The lowest BCUT2D eigenvalue weighted by atomic mass is 9.87. The molecule has 1 amide bonds. The minimum atomic E-state index is -0.112. The number of ether oxygens (including phenoxy) is 1. The number of carbonyl (C=O) groups excluding carboxylic acids is 1. The third kappa shape index (κ3) is 4.50. The zero-order chi connectivity index (χ0) is 17.6. The number of benzene rings is 1. The third-order valence-corrected chi connectivity index (χ3v) is 5.41. The molecule has 1 N–H and O–H groups in total. The van der Waals surface area contributed by atoms with Gasteiger partial charge in [-0.15, -0.1) is 0 Å². The molecule has 0 aromatic heterocycles. The van der Waals surface area contributed by atoms with Crippen LogP contribution in [0.4, 0.5) is 0 Å². The highest BCUT2D eigenvalue weighted by Gasteiger charge is 2.35. The average molecular weight is 333 g/mol. The highest BCUT2D eigenvalue weighted by atomic mass is 16.5. The summed E-state index contributed by atoms with van der Waals surface area (Å²) in [6, 6.07) is 7.94. The summed E-state index contributed by atoms with van der Waals surface area (Å²) in [6.07, 6.45) is 5.31. The van der Waals surface area contributed by atoms with Crippen LogP contribution in [0.15, 0.2) is 24.3 Å². The van der Waals surface area contributed by atoms with E-state index in [1.54, 1.807) is 4.90 Å². The monoisotopic (exact) mass is 333 g/mol. The van der Waals surface area contributed by atoms with Crippen molar-refractivity contribution in [3.05, 3.63) is 29.8 Å². The van der Waals surface area contributed by atoms with Crippen LogP contribution in [0.2, 0.25) is 0 Å². The van der Waals surface area contributed by atoms with Gasteiger partial charge in [0.05, 0.1) is 6.61 Å². The predicted molar refractivity (Wildman–Crippen MR) is 96.3 cm³/mol. The summed E-state index contributed by atoms with van der Waals surface area (Å²) in [4.78, 5) is 14.1. The molecule has 0 saturated heterocycles. The van der Waals surface area contributed by atoms with Gasteiger partial charge in [0.15, 0.2) is 6.61 Å². The van der Waals surface area contributed by atoms with Crippen molar-refractivity contribution in [2.45, 2.75) is 51.9 Å². The van der Waals surface area contributed by atoms with E-state index in [0.717, 1.165) is 43.4 Å². The maximum absolute atomic E-state index is 12.4. The second-order valence-corrected chi connectivity index (χ2v) is 7.25. The molecule has 134 valence electrons. The molecule has 4 heteroatoms. The Kier molecular flexibility index (Phi) is 6.67. The molecule has 4 nitrogen and oxygen atoms in total. The van der Waals surface area contributed by atoms with E-state index in [1.165, 1.54) is 0 Å². The van der Waals surface area contributed by atoms with Crippen molar-refractivity contribution in [3.8, 4) is 5.75 Å². The first-order valence-corrected chi connectivity index (χ1v) is 9.08. The molecule has 0 heterocycles. The van der Waals surface area contributed by atoms with Crippen LogP contribution in [-0.4, -0.2) is 42.7 Å². The first kappa shape index (κ1) is 18.8. The molecule has 0 aliphatic heterocycles. The standard InChI is InChI=1S/C20H31NO3/c1-4-16(2)17-9-5-6-10-18(17)24-13-19(23)21(3)14-20(15-22)11-7-8-12-20/h5-6,9-10,16,22H,4,7-8,11-15H2,1-3H3. The fourth-order valence-electron chi connectivity index (χ4n) is 3.57. The third-order valence-electron chi connectivity index (χ3n) is 5.41. The number of para-hydroxylation sites is 1. The highest BCUT2D eigenvalue weighted by Crippen LogP contribution is 2.38. The highest BCUT2D eigenvalue weighted by molar-refractivity contribution is 5.77. The summed E-state index contributed by atoms with van der Waals surface area (Å²) in [5.41, 5.74) is 1.04. The number of hydrogen-bond acceptors (Lipinski definition) is 3. The summed E-state index contributed by atoms with van der Waals surface area (Å²) >= 11 is 0. The van der Waals surface area contributed by atoms with E-state index < -0.39 is 0 Å². The Hall–Kier alpha value is -1.55. The van der Waals surface area contributed by atoms with E-state index in [4.69, 9.17) is 4.74 Å². The number of rotatable bonds is 8. The van der Waals surface area contributed by atoms with E-state index in [2.05, 4.69) is 19.9 Å². The number of carbonyl (C=O) groups is 1. The molecule has 1 aromatic rings. The lowest BCUT2D eigenvalue weighted by Crippen LogP contribution is -2.41. The van der Waals surface area contributed by atoms with Crippen molar-refractivity contribution < 1.29 is 14.6 Å². The summed E-state index contributed by atoms with van der Waals surface area (Å²) in [6.45, 7) is 5.13. The first-order chi connectivity index (χ1) is 11.5. The molecule has 0 spiro atoms. The molecule has 1 atom stereocenters. The quantitative estimate of drug-likeness (QED) is 0.791. The molecule has 1 aromatic carbocycles. The summed E-state index contributed by atoms with van der Waals surface area (Å²) in [5.74, 6) is 1.17. The lowest BCUT2D eigenvalue weighted by molar-refractivity contribution is -0.133. The Morgan fingerprint density at radius 2 is 2.00 bits per heavy atom. The molecule has 2 rings (SSSR count). The van der Waals surface area contributed by atoms with Crippen molar-refractivity contribution >= 4 is 5.91 Å². The number of aliphatic hydroxyl groups is 1. The normalized spacial score (nSPS) is 17.5. The van der Waals surface area contributed by atoms with E-state index in [-0.39, 0.29) is 24.5 Å². The lowest BCUT2D eigenvalue weighted by Gasteiger charge is -2.31. The SMILES string of the molecule is CCC(C)c1ccccc1OCC(=O)N(C)CC1(CO)CCCC1. The zero-order valence-corrected chi connectivity index (χ0v) is 15.3. The number of aliphatic hydroxyl groups excluding tert-OH is 1. The Bertz CT molecular complexity index is 537. The molecular weight excluding hydrogens is 302 g/mol. The van der Waals surface area contributed by atoms with Crippen LogP contribution in [0.5, 0.6) is 5.75 Å². The van der Waals surface area contributed by atoms with Crippen LogP contribution in [0.3, 0.4) is 0 Å². The smallest absolute Gasteiger partial charge is 0.260 e. The van der Waals surface area contributed by atoms with Gasteiger partial charge in [-0.3, -0.25) is 4.79 Å². The topological polar surface area (TPSA) is 49.8 Å². The van der Waals surface area contributed by atoms with E-state index in [1.807, 2.05) is 25.2 Å². The van der Waals surface area contributed by atoms with Crippen LogP contribution in [0.25, 0.3) is 0 Å². The minimum absolute atomic E-state index is 0.0336. The molecule has 0 bridgehead atoms. The van der Waals surface area contributed by atoms with Crippen LogP contribution >= 0.6 is 0 Å².